The molecule has 3 N–H and O–H groups in total. The second kappa shape index (κ2) is 4.30. The topological polar surface area (TPSA) is 68.8 Å². The Labute approximate surface area is 84.7 Å². The van der Waals surface area contributed by atoms with Gasteiger partial charge in [0.1, 0.15) is 0 Å². The van der Waals surface area contributed by atoms with E-state index >= 15 is 0 Å². The minimum absolute atomic E-state index is 0.273. The van der Waals surface area contributed by atoms with E-state index in [1.165, 1.54) is 0 Å². The minimum atomic E-state index is 0.273. The standard InChI is InChI=1S/C9H19N5/c1-5-11-9-12-8(10)14(13-9)7(4)6(2)3/h6-7H,5H2,1-4H3,(H3,10,11,12,13). The van der Waals surface area contributed by atoms with Gasteiger partial charge in [0.15, 0.2) is 0 Å². The van der Waals surface area contributed by atoms with Crippen molar-refractivity contribution in [2.45, 2.75) is 33.7 Å². The van der Waals surface area contributed by atoms with Crippen LogP contribution in [0.2, 0.25) is 0 Å². The Hall–Kier alpha value is -1.26. The highest BCUT2D eigenvalue weighted by Crippen LogP contribution is 2.19. The number of nitrogen functional groups attached to an aromatic ring is 1. The zero-order valence-electron chi connectivity index (χ0n) is 9.28. The third-order valence-corrected chi connectivity index (χ3v) is 2.34. The van der Waals surface area contributed by atoms with Gasteiger partial charge in [-0.05, 0) is 19.8 Å². The average molecular weight is 197 g/mol. The van der Waals surface area contributed by atoms with Gasteiger partial charge >= 0.3 is 0 Å². The lowest BCUT2D eigenvalue weighted by Gasteiger charge is -2.15. The van der Waals surface area contributed by atoms with Crippen LogP contribution in [0.15, 0.2) is 0 Å². The molecule has 5 heteroatoms. The molecule has 1 unspecified atom stereocenters. The number of hydrogen-bond acceptors (Lipinski definition) is 4. The summed E-state index contributed by atoms with van der Waals surface area (Å²) < 4.78 is 1.77. The van der Waals surface area contributed by atoms with Gasteiger partial charge in [0, 0.05) is 6.54 Å². The maximum absolute atomic E-state index is 5.76. The summed E-state index contributed by atoms with van der Waals surface area (Å²) in [6, 6.07) is 0.273. The SMILES string of the molecule is CCNc1nc(N)n(C(C)C(C)C)n1. The van der Waals surface area contributed by atoms with Crippen LogP contribution in [0, 0.1) is 5.92 Å². The quantitative estimate of drug-likeness (QED) is 0.767. The molecule has 14 heavy (non-hydrogen) atoms. The second-order valence-corrected chi connectivity index (χ2v) is 3.75. The lowest BCUT2D eigenvalue weighted by atomic mass is 10.1. The van der Waals surface area contributed by atoms with Crippen LogP contribution in [0.1, 0.15) is 33.7 Å². The van der Waals surface area contributed by atoms with E-state index in [1.54, 1.807) is 4.68 Å². The summed E-state index contributed by atoms with van der Waals surface area (Å²) in [7, 11) is 0. The summed E-state index contributed by atoms with van der Waals surface area (Å²) in [4.78, 5) is 4.12. The van der Waals surface area contributed by atoms with Gasteiger partial charge in [0.05, 0.1) is 6.04 Å². The van der Waals surface area contributed by atoms with E-state index in [0.717, 1.165) is 6.54 Å². The minimum Gasteiger partial charge on any atom is -0.368 e. The molecule has 0 spiro atoms. The maximum Gasteiger partial charge on any atom is 0.243 e. The predicted molar refractivity (Wildman–Crippen MR) is 58.1 cm³/mol. The van der Waals surface area contributed by atoms with Gasteiger partial charge in [0.2, 0.25) is 11.9 Å². The van der Waals surface area contributed by atoms with E-state index in [0.29, 0.717) is 17.8 Å². The Morgan fingerprint density at radius 3 is 2.57 bits per heavy atom. The number of hydrogen-bond donors (Lipinski definition) is 2. The zero-order chi connectivity index (χ0) is 10.7. The van der Waals surface area contributed by atoms with Gasteiger partial charge in [-0.1, -0.05) is 13.8 Å². The van der Waals surface area contributed by atoms with Crippen LogP contribution in [0.4, 0.5) is 11.9 Å². The summed E-state index contributed by atoms with van der Waals surface area (Å²) in [5.41, 5.74) is 5.76. The first-order valence-corrected chi connectivity index (χ1v) is 5.02. The highest BCUT2D eigenvalue weighted by Gasteiger charge is 2.15. The maximum atomic E-state index is 5.76. The fourth-order valence-electron chi connectivity index (χ4n) is 1.15. The summed E-state index contributed by atoms with van der Waals surface area (Å²) in [6.45, 7) is 9.17. The lowest BCUT2D eigenvalue weighted by Crippen LogP contribution is -2.15. The van der Waals surface area contributed by atoms with E-state index in [1.807, 2.05) is 6.92 Å². The predicted octanol–water partition coefficient (Wildman–Crippen LogP) is 1.51. The molecule has 0 aliphatic heterocycles. The molecule has 5 nitrogen and oxygen atoms in total. The fraction of sp³-hybridized carbons (Fsp3) is 0.778. The van der Waals surface area contributed by atoms with Gasteiger partial charge in [-0.3, -0.25) is 0 Å². The van der Waals surface area contributed by atoms with Crippen LogP contribution in [-0.2, 0) is 0 Å². The van der Waals surface area contributed by atoms with E-state index < -0.39 is 0 Å². The monoisotopic (exact) mass is 197 g/mol. The van der Waals surface area contributed by atoms with E-state index in [9.17, 15) is 0 Å². The molecule has 1 rings (SSSR count). The van der Waals surface area contributed by atoms with Crippen LogP contribution in [0.3, 0.4) is 0 Å². The highest BCUT2D eigenvalue weighted by molar-refractivity contribution is 5.31. The Kier molecular flexibility index (Phi) is 3.33. The van der Waals surface area contributed by atoms with Crippen LogP contribution in [0.5, 0.6) is 0 Å². The molecule has 0 bridgehead atoms. The van der Waals surface area contributed by atoms with Gasteiger partial charge in [0.25, 0.3) is 0 Å². The molecular weight excluding hydrogens is 178 g/mol. The van der Waals surface area contributed by atoms with Gasteiger partial charge < -0.3 is 11.1 Å². The summed E-state index contributed by atoms with van der Waals surface area (Å²) in [6.07, 6.45) is 0. The van der Waals surface area contributed by atoms with E-state index in [-0.39, 0.29) is 6.04 Å². The van der Waals surface area contributed by atoms with Crippen molar-refractivity contribution in [3.8, 4) is 0 Å². The molecule has 0 aromatic carbocycles. The third kappa shape index (κ3) is 2.16. The summed E-state index contributed by atoms with van der Waals surface area (Å²) >= 11 is 0. The molecule has 0 amide bonds. The molecule has 0 saturated carbocycles. The fourth-order valence-corrected chi connectivity index (χ4v) is 1.15. The van der Waals surface area contributed by atoms with Crippen LogP contribution < -0.4 is 11.1 Å². The van der Waals surface area contributed by atoms with E-state index in [2.05, 4.69) is 36.2 Å². The van der Waals surface area contributed by atoms with Gasteiger partial charge in [-0.2, -0.15) is 4.98 Å². The first-order valence-electron chi connectivity index (χ1n) is 5.02. The van der Waals surface area contributed by atoms with Crippen molar-refractivity contribution in [3.63, 3.8) is 0 Å². The van der Waals surface area contributed by atoms with Gasteiger partial charge in [-0.15, -0.1) is 5.10 Å². The molecule has 0 radical (unpaired) electrons. The van der Waals surface area contributed by atoms with Crippen LogP contribution in [0.25, 0.3) is 0 Å². The third-order valence-electron chi connectivity index (χ3n) is 2.34. The largest absolute Gasteiger partial charge is 0.368 e. The van der Waals surface area contributed by atoms with Crippen molar-refractivity contribution in [1.82, 2.24) is 14.8 Å². The smallest absolute Gasteiger partial charge is 0.243 e. The van der Waals surface area contributed by atoms with Crippen LogP contribution in [-0.4, -0.2) is 21.3 Å². The number of nitrogens with one attached hydrogen (secondary N) is 1. The first kappa shape index (κ1) is 10.8. The van der Waals surface area contributed by atoms with Crippen molar-refractivity contribution in [2.24, 2.45) is 5.92 Å². The van der Waals surface area contributed by atoms with Crippen molar-refractivity contribution in [3.05, 3.63) is 0 Å². The average Bonchev–Trinajstić information content (AvgIpc) is 2.46. The molecule has 0 fully saturated rings. The molecule has 80 valence electrons. The molecule has 0 saturated heterocycles. The summed E-state index contributed by atoms with van der Waals surface area (Å²) in [5, 5.41) is 7.33. The molecule has 1 aromatic heterocycles. The molecule has 1 aromatic rings. The summed E-state index contributed by atoms with van der Waals surface area (Å²) in [5.74, 6) is 1.58. The highest BCUT2D eigenvalue weighted by atomic mass is 15.4. The van der Waals surface area contributed by atoms with Crippen LogP contribution >= 0.6 is 0 Å². The Morgan fingerprint density at radius 2 is 2.07 bits per heavy atom. The first-order chi connectivity index (χ1) is 6.56. The molecule has 1 heterocycles. The molecule has 0 aliphatic carbocycles. The van der Waals surface area contributed by atoms with E-state index in [4.69, 9.17) is 5.73 Å². The Bertz CT molecular complexity index is 291. The Balaban J connectivity index is 2.86. The molecule has 1 atom stereocenters. The normalized spacial score (nSPS) is 13.2. The van der Waals surface area contributed by atoms with Crippen molar-refractivity contribution >= 4 is 11.9 Å². The Morgan fingerprint density at radius 1 is 1.43 bits per heavy atom. The van der Waals surface area contributed by atoms with Crippen molar-refractivity contribution < 1.29 is 0 Å². The number of nitrogens with zero attached hydrogens (tertiary/aromatic N) is 3. The number of rotatable bonds is 4. The van der Waals surface area contributed by atoms with Crippen molar-refractivity contribution in [1.29, 1.82) is 0 Å². The van der Waals surface area contributed by atoms with Gasteiger partial charge in [-0.25, -0.2) is 4.68 Å². The number of aromatic nitrogens is 3. The molecular formula is C9H19N5. The van der Waals surface area contributed by atoms with Crippen molar-refractivity contribution in [2.75, 3.05) is 17.6 Å². The molecule has 0 aliphatic rings. The zero-order valence-corrected chi connectivity index (χ0v) is 9.28. The second-order valence-electron chi connectivity index (χ2n) is 3.75. The lowest BCUT2D eigenvalue weighted by molar-refractivity contribution is 0.380. The number of anilines is 2. The number of nitrogens with two attached hydrogens (primary N) is 1.